The Morgan fingerprint density at radius 1 is 0.351 bits per heavy atom. The third-order valence-corrected chi connectivity index (χ3v) is 11.0. The first kappa shape index (κ1) is 33.8. The van der Waals surface area contributed by atoms with Gasteiger partial charge in [0.2, 0.25) is 0 Å². The van der Waals surface area contributed by atoms with Gasteiger partial charge in [0, 0.05) is 16.7 Å². The minimum atomic E-state index is -0.566. The van der Waals surface area contributed by atoms with Crippen LogP contribution >= 0.6 is 0 Å². The minimum Gasteiger partial charge on any atom is -0.238 e. The summed E-state index contributed by atoms with van der Waals surface area (Å²) in [5.41, 5.74) is 13.9. The van der Waals surface area contributed by atoms with E-state index in [-0.39, 0.29) is 0 Å². The van der Waals surface area contributed by atoms with Crippen LogP contribution in [0.3, 0.4) is 0 Å². The molecule has 1 aromatic heterocycles. The second kappa shape index (κ2) is 14.2. The van der Waals surface area contributed by atoms with Crippen LogP contribution in [-0.2, 0) is 5.41 Å². The first-order valence-electron chi connectivity index (χ1n) is 19.1. The number of fused-ring (bicyclic) bond motifs is 3. The summed E-state index contributed by atoms with van der Waals surface area (Å²) in [7, 11) is 0. The minimum absolute atomic E-state index is 0.566. The van der Waals surface area contributed by atoms with Gasteiger partial charge in [-0.25, -0.2) is 19.8 Å². The van der Waals surface area contributed by atoms with Crippen LogP contribution in [0.5, 0.6) is 0 Å². The van der Waals surface area contributed by atoms with E-state index in [1.165, 1.54) is 16.7 Å². The molecule has 8 aromatic carbocycles. The Labute approximate surface area is 332 Å². The lowest BCUT2D eigenvalue weighted by molar-refractivity contribution is 0.769. The van der Waals surface area contributed by atoms with E-state index in [2.05, 4.69) is 163 Å². The molecule has 0 spiro atoms. The molecule has 4 heteroatoms. The Kier molecular flexibility index (Phi) is 8.39. The van der Waals surface area contributed by atoms with Crippen LogP contribution in [-0.4, -0.2) is 15.0 Å². The number of hydrogen-bond donors (Lipinski definition) is 0. The van der Waals surface area contributed by atoms with Crippen molar-refractivity contribution in [1.82, 2.24) is 15.0 Å². The second-order valence-corrected chi connectivity index (χ2v) is 14.3. The van der Waals surface area contributed by atoms with Crippen LogP contribution < -0.4 is 0 Å². The van der Waals surface area contributed by atoms with E-state index >= 15 is 0 Å². The van der Waals surface area contributed by atoms with E-state index in [0.717, 1.165) is 55.6 Å². The van der Waals surface area contributed by atoms with E-state index < -0.39 is 5.41 Å². The van der Waals surface area contributed by atoms with Crippen LogP contribution in [0.2, 0.25) is 0 Å². The quantitative estimate of drug-likeness (QED) is 0.154. The maximum absolute atomic E-state index is 8.21. The zero-order valence-electron chi connectivity index (χ0n) is 30.9. The van der Waals surface area contributed by atoms with Crippen molar-refractivity contribution in [2.45, 2.75) is 5.41 Å². The molecule has 0 unspecified atom stereocenters. The van der Waals surface area contributed by atoms with Gasteiger partial charge in [0.05, 0.1) is 12.0 Å². The molecule has 0 saturated heterocycles. The number of hydrogen-bond acceptors (Lipinski definition) is 3. The third kappa shape index (κ3) is 5.82. The van der Waals surface area contributed by atoms with E-state index in [1.807, 2.05) is 48.5 Å². The van der Waals surface area contributed by atoms with Gasteiger partial charge in [-0.05, 0) is 67.8 Å². The molecule has 0 bridgehead atoms. The topological polar surface area (TPSA) is 43.0 Å². The zero-order chi connectivity index (χ0) is 38.2. The first-order chi connectivity index (χ1) is 28.2. The lowest BCUT2D eigenvalue weighted by Crippen LogP contribution is -2.28. The molecule has 266 valence electrons. The van der Waals surface area contributed by atoms with Crippen molar-refractivity contribution in [1.29, 1.82) is 0 Å². The largest absolute Gasteiger partial charge is 0.238 e. The van der Waals surface area contributed by atoms with Crippen molar-refractivity contribution in [2.75, 3.05) is 0 Å². The fourth-order valence-electron chi connectivity index (χ4n) is 8.43. The highest BCUT2D eigenvalue weighted by Crippen LogP contribution is 2.59. The number of aromatic nitrogens is 3. The monoisotopic (exact) mass is 726 g/mol. The molecule has 0 saturated carbocycles. The molecule has 1 heterocycles. The Morgan fingerprint density at radius 3 is 1.40 bits per heavy atom. The molecule has 1 aliphatic carbocycles. The van der Waals surface area contributed by atoms with Crippen molar-refractivity contribution >= 4 is 5.69 Å². The fraction of sp³-hybridized carbons (Fsp3) is 0.0189. The van der Waals surface area contributed by atoms with Gasteiger partial charge < -0.3 is 0 Å². The molecule has 0 fully saturated rings. The molecule has 1 aliphatic rings. The maximum atomic E-state index is 8.21. The molecule has 0 amide bonds. The van der Waals surface area contributed by atoms with Crippen LogP contribution in [0.25, 0.3) is 72.4 Å². The van der Waals surface area contributed by atoms with Crippen molar-refractivity contribution in [2.24, 2.45) is 0 Å². The lowest BCUT2D eigenvalue weighted by atomic mass is 9.67. The van der Waals surface area contributed by atoms with Gasteiger partial charge in [0.1, 0.15) is 0 Å². The molecule has 0 atom stereocenters. The molecule has 0 aliphatic heterocycles. The summed E-state index contributed by atoms with van der Waals surface area (Å²) in [6, 6.07) is 71.5. The molecule has 4 nitrogen and oxygen atoms in total. The van der Waals surface area contributed by atoms with Gasteiger partial charge in [0.15, 0.2) is 23.2 Å². The van der Waals surface area contributed by atoms with E-state index in [4.69, 9.17) is 21.5 Å². The SMILES string of the molecule is [C-]#[N+]c1cccc2c1-c1cc(-c3ccc(-c4nc(-c5ccccc5)nc(-c5cccc(-c6ccccc6)c5)n4)cc3)ccc1C2(c1ccccc1)c1ccccc1. The molecule has 0 radical (unpaired) electrons. The molecular weight excluding hydrogens is 693 g/mol. The molecule has 9 aromatic rings. The van der Waals surface area contributed by atoms with E-state index in [9.17, 15) is 0 Å². The van der Waals surface area contributed by atoms with Crippen LogP contribution in [0.15, 0.2) is 206 Å². The first-order valence-corrected chi connectivity index (χ1v) is 19.1. The summed E-state index contributed by atoms with van der Waals surface area (Å²) < 4.78 is 0. The standard InChI is InChI=1S/C53H34N4/c1-54-48-27-15-26-47-49(48)45-35-41(32-33-46(45)53(47,43-22-10-4-11-23-43)44-24-12-5-13-25-44)37-28-30-39(31-29-37)51-55-50(38-18-8-3-9-19-38)56-52(57-51)42-21-14-20-40(34-42)36-16-6-2-7-17-36/h2-35H. The van der Waals surface area contributed by atoms with Gasteiger partial charge >= 0.3 is 0 Å². The molecule has 0 N–H and O–H groups in total. The Balaban J connectivity index is 1.08. The Bertz CT molecular complexity index is 2900. The summed E-state index contributed by atoms with van der Waals surface area (Å²) >= 11 is 0. The zero-order valence-corrected chi connectivity index (χ0v) is 30.9. The van der Waals surface area contributed by atoms with Gasteiger partial charge in [-0.3, -0.25) is 0 Å². The Hall–Kier alpha value is -7.74. The van der Waals surface area contributed by atoms with E-state index in [1.54, 1.807) is 0 Å². The van der Waals surface area contributed by atoms with Crippen molar-refractivity contribution in [3.8, 4) is 67.5 Å². The smallest absolute Gasteiger partial charge is 0.195 e. The summed E-state index contributed by atoms with van der Waals surface area (Å²) in [5, 5.41) is 0. The van der Waals surface area contributed by atoms with Crippen molar-refractivity contribution in [3.05, 3.63) is 240 Å². The van der Waals surface area contributed by atoms with Crippen LogP contribution in [0.1, 0.15) is 22.3 Å². The summed E-state index contributed by atoms with van der Waals surface area (Å²) in [6.07, 6.45) is 0. The Morgan fingerprint density at radius 2 is 0.789 bits per heavy atom. The number of rotatable bonds is 7. The number of benzene rings is 8. The van der Waals surface area contributed by atoms with Crippen molar-refractivity contribution in [3.63, 3.8) is 0 Å². The van der Waals surface area contributed by atoms with Gasteiger partial charge in [-0.1, -0.05) is 194 Å². The third-order valence-electron chi connectivity index (χ3n) is 11.0. The fourth-order valence-corrected chi connectivity index (χ4v) is 8.43. The van der Waals surface area contributed by atoms with Gasteiger partial charge in [-0.2, -0.15) is 0 Å². The summed E-state index contributed by atoms with van der Waals surface area (Å²) in [5.74, 6) is 1.85. The highest BCUT2D eigenvalue weighted by Gasteiger charge is 2.46. The van der Waals surface area contributed by atoms with Gasteiger partial charge in [-0.15, -0.1) is 0 Å². The predicted molar refractivity (Wildman–Crippen MR) is 231 cm³/mol. The molecule has 10 rings (SSSR count). The van der Waals surface area contributed by atoms with E-state index in [0.29, 0.717) is 23.2 Å². The normalized spacial score (nSPS) is 12.3. The highest BCUT2D eigenvalue weighted by molar-refractivity contribution is 5.95. The second-order valence-electron chi connectivity index (χ2n) is 14.3. The average Bonchev–Trinajstić information content (AvgIpc) is 3.61. The van der Waals surface area contributed by atoms with Crippen molar-refractivity contribution < 1.29 is 0 Å². The predicted octanol–water partition coefficient (Wildman–Crippen LogP) is 13.1. The summed E-state index contributed by atoms with van der Waals surface area (Å²) in [6.45, 7) is 8.21. The van der Waals surface area contributed by atoms with Gasteiger partial charge in [0.25, 0.3) is 0 Å². The number of nitrogens with zero attached hydrogens (tertiary/aromatic N) is 4. The molecule has 57 heavy (non-hydrogen) atoms. The highest BCUT2D eigenvalue weighted by atomic mass is 15.0. The van der Waals surface area contributed by atoms with Crippen LogP contribution in [0.4, 0.5) is 5.69 Å². The lowest BCUT2D eigenvalue weighted by Gasteiger charge is -2.34. The summed E-state index contributed by atoms with van der Waals surface area (Å²) in [4.78, 5) is 19.1. The average molecular weight is 727 g/mol. The van der Waals surface area contributed by atoms with Crippen LogP contribution in [0, 0.1) is 6.57 Å². The maximum Gasteiger partial charge on any atom is 0.195 e. The molecular formula is C53H34N4.